The molecule has 3 aromatic rings. The standard InChI is InChI=1S/C31H36Cl3N3O5S/c1-5-21(4)35-31(39)29(6-2)36(19-22-8-9-24(33)18-28(22)34)30(38)20-37(25-12-14-26(15-13-25)42-7-3)43(40,41)27-16-10-23(32)11-17-27/h8-18,21,29H,5-7,19-20H2,1-4H3,(H,35,39)/t21-,29+/m1/s1. The SMILES string of the molecule is CCOc1ccc(N(CC(=O)N(Cc2ccc(Cl)cc2Cl)[C@@H](CC)C(=O)N[C@H](C)CC)S(=O)(=O)c2ccc(Cl)cc2)cc1. The number of benzene rings is 3. The summed E-state index contributed by atoms with van der Waals surface area (Å²) >= 11 is 18.6. The van der Waals surface area contributed by atoms with Gasteiger partial charge in [0.1, 0.15) is 18.3 Å². The molecule has 0 aliphatic heterocycles. The number of carbonyl (C=O) groups is 2. The quantitative estimate of drug-likeness (QED) is 0.200. The molecule has 0 fully saturated rings. The Bertz CT molecular complexity index is 1500. The van der Waals surface area contributed by atoms with Crippen LogP contribution in [0.15, 0.2) is 71.6 Å². The lowest BCUT2D eigenvalue weighted by molar-refractivity contribution is -0.140. The highest BCUT2D eigenvalue weighted by atomic mass is 35.5. The van der Waals surface area contributed by atoms with Gasteiger partial charge >= 0.3 is 0 Å². The van der Waals surface area contributed by atoms with E-state index in [9.17, 15) is 18.0 Å². The summed E-state index contributed by atoms with van der Waals surface area (Å²) in [5.41, 5.74) is 0.802. The van der Waals surface area contributed by atoms with Crippen LogP contribution < -0.4 is 14.4 Å². The predicted molar refractivity (Wildman–Crippen MR) is 173 cm³/mol. The number of sulfonamides is 1. The van der Waals surface area contributed by atoms with Crippen molar-refractivity contribution in [2.45, 2.75) is 64.1 Å². The molecule has 8 nitrogen and oxygen atoms in total. The van der Waals surface area contributed by atoms with E-state index in [0.717, 1.165) is 4.31 Å². The Labute approximate surface area is 268 Å². The molecule has 0 aliphatic carbocycles. The van der Waals surface area contributed by atoms with Crippen molar-refractivity contribution < 1.29 is 22.7 Å². The van der Waals surface area contributed by atoms with E-state index in [2.05, 4.69) is 5.32 Å². The minimum atomic E-state index is -4.24. The van der Waals surface area contributed by atoms with Crippen molar-refractivity contribution in [2.24, 2.45) is 0 Å². The third kappa shape index (κ3) is 9.01. The second kappa shape index (κ2) is 15.7. The summed E-state index contributed by atoms with van der Waals surface area (Å²) < 4.78 is 34.5. The zero-order valence-corrected chi connectivity index (χ0v) is 27.6. The van der Waals surface area contributed by atoms with Crippen molar-refractivity contribution in [1.29, 1.82) is 0 Å². The molecule has 0 saturated heterocycles. The number of nitrogens with zero attached hydrogens (tertiary/aromatic N) is 2. The van der Waals surface area contributed by atoms with Gasteiger partial charge in [-0.25, -0.2) is 8.42 Å². The molecule has 0 heterocycles. The van der Waals surface area contributed by atoms with E-state index in [1.165, 1.54) is 29.2 Å². The maximum absolute atomic E-state index is 14.2. The second-order valence-corrected chi connectivity index (χ2v) is 13.0. The van der Waals surface area contributed by atoms with Crippen LogP contribution >= 0.6 is 34.8 Å². The molecule has 3 rings (SSSR count). The van der Waals surface area contributed by atoms with Gasteiger partial charge in [0, 0.05) is 27.7 Å². The monoisotopic (exact) mass is 667 g/mol. The highest BCUT2D eigenvalue weighted by Gasteiger charge is 2.34. The van der Waals surface area contributed by atoms with E-state index in [1.807, 2.05) is 20.8 Å². The summed E-state index contributed by atoms with van der Waals surface area (Å²) in [6.07, 6.45) is 0.982. The van der Waals surface area contributed by atoms with E-state index in [0.29, 0.717) is 39.4 Å². The minimum Gasteiger partial charge on any atom is -0.494 e. The van der Waals surface area contributed by atoms with Gasteiger partial charge < -0.3 is 15.0 Å². The van der Waals surface area contributed by atoms with Gasteiger partial charge in [-0.2, -0.15) is 0 Å². The number of hydrogen-bond acceptors (Lipinski definition) is 5. The highest BCUT2D eigenvalue weighted by molar-refractivity contribution is 7.92. The first kappa shape index (κ1) is 34.5. The van der Waals surface area contributed by atoms with Crippen molar-refractivity contribution in [1.82, 2.24) is 10.2 Å². The number of carbonyl (C=O) groups excluding carboxylic acids is 2. The number of nitrogens with one attached hydrogen (secondary N) is 1. The summed E-state index contributed by atoms with van der Waals surface area (Å²) in [4.78, 5) is 28.9. The van der Waals surface area contributed by atoms with Gasteiger partial charge in [0.15, 0.2) is 0 Å². The Morgan fingerprint density at radius 2 is 1.51 bits per heavy atom. The number of anilines is 1. The van der Waals surface area contributed by atoms with Crippen LogP contribution in [0, 0.1) is 0 Å². The van der Waals surface area contributed by atoms with E-state index in [1.54, 1.807) is 49.4 Å². The molecule has 0 aromatic heterocycles. The fraction of sp³-hybridized carbons (Fsp3) is 0.355. The molecule has 1 N–H and O–H groups in total. The van der Waals surface area contributed by atoms with E-state index in [-0.39, 0.29) is 35.5 Å². The molecule has 2 amide bonds. The van der Waals surface area contributed by atoms with Crippen LogP contribution in [-0.2, 0) is 26.2 Å². The maximum atomic E-state index is 14.2. The number of amides is 2. The third-order valence-corrected chi connectivity index (χ3v) is 9.49. The summed E-state index contributed by atoms with van der Waals surface area (Å²) in [6, 6.07) is 15.9. The second-order valence-electron chi connectivity index (χ2n) is 9.89. The third-order valence-electron chi connectivity index (χ3n) is 6.86. The molecule has 43 heavy (non-hydrogen) atoms. The van der Waals surface area contributed by atoms with E-state index >= 15 is 0 Å². The molecule has 232 valence electrons. The van der Waals surface area contributed by atoms with Crippen LogP contribution in [0.25, 0.3) is 0 Å². The van der Waals surface area contributed by atoms with Crippen molar-refractivity contribution in [3.63, 3.8) is 0 Å². The molecular formula is C31H36Cl3N3O5S. The van der Waals surface area contributed by atoms with Gasteiger partial charge in [-0.1, -0.05) is 54.7 Å². The molecule has 3 aromatic carbocycles. The fourth-order valence-electron chi connectivity index (χ4n) is 4.33. The lowest BCUT2D eigenvalue weighted by Crippen LogP contribution is -2.53. The topological polar surface area (TPSA) is 96.0 Å². The first-order valence-electron chi connectivity index (χ1n) is 14.0. The van der Waals surface area contributed by atoms with Crippen LogP contribution in [0.5, 0.6) is 5.75 Å². The van der Waals surface area contributed by atoms with E-state index < -0.39 is 28.5 Å². The summed E-state index contributed by atoms with van der Waals surface area (Å²) in [7, 11) is -4.24. The molecule has 0 saturated carbocycles. The van der Waals surface area contributed by atoms with Gasteiger partial charge in [-0.05, 0) is 92.9 Å². The smallest absolute Gasteiger partial charge is 0.264 e. The van der Waals surface area contributed by atoms with Crippen molar-refractivity contribution in [3.05, 3.63) is 87.4 Å². The lowest BCUT2D eigenvalue weighted by atomic mass is 10.1. The van der Waals surface area contributed by atoms with Gasteiger partial charge in [-0.15, -0.1) is 0 Å². The van der Waals surface area contributed by atoms with Gasteiger partial charge in [0.25, 0.3) is 10.0 Å². The molecule has 0 unspecified atom stereocenters. The molecule has 0 bridgehead atoms. The largest absolute Gasteiger partial charge is 0.494 e. The Balaban J connectivity index is 2.08. The average Bonchev–Trinajstić information content (AvgIpc) is 2.97. The van der Waals surface area contributed by atoms with Crippen molar-refractivity contribution in [3.8, 4) is 5.75 Å². The predicted octanol–water partition coefficient (Wildman–Crippen LogP) is 6.96. The van der Waals surface area contributed by atoms with Crippen LogP contribution in [0.4, 0.5) is 5.69 Å². The molecule has 0 spiro atoms. The number of ether oxygens (including phenoxy) is 1. The van der Waals surface area contributed by atoms with Crippen molar-refractivity contribution >= 4 is 62.3 Å². The summed E-state index contributed by atoms with van der Waals surface area (Å²) in [5, 5.41) is 4.05. The zero-order chi connectivity index (χ0) is 31.7. The molecule has 0 aliphatic rings. The van der Waals surface area contributed by atoms with Crippen LogP contribution in [0.1, 0.15) is 46.1 Å². The van der Waals surface area contributed by atoms with Crippen LogP contribution in [0.2, 0.25) is 15.1 Å². The van der Waals surface area contributed by atoms with Gasteiger partial charge in [-0.3, -0.25) is 13.9 Å². The van der Waals surface area contributed by atoms with Gasteiger partial charge in [0.05, 0.1) is 17.2 Å². The number of halogens is 3. The molecule has 2 atom stereocenters. The summed E-state index contributed by atoms with van der Waals surface area (Å²) in [5.74, 6) is -0.389. The maximum Gasteiger partial charge on any atom is 0.264 e. The Morgan fingerprint density at radius 3 is 2.07 bits per heavy atom. The fourth-order valence-corrected chi connectivity index (χ4v) is 6.34. The Hall–Kier alpha value is -2.98. The molecular weight excluding hydrogens is 633 g/mol. The van der Waals surface area contributed by atoms with Crippen LogP contribution in [-0.4, -0.2) is 50.4 Å². The zero-order valence-electron chi connectivity index (χ0n) is 24.5. The Kier molecular flexibility index (Phi) is 12.6. The molecule has 0 radical (unpaired) electrons. The molecule has 12 heteroatoms. The van der Waals surface area contributed by atoms with E-state index in [4.69, 9.17) is 39.5 Å². The first-order chi connectivity index (χ1) is 20.4. The Morgan fingerprint density at radius 1 is 0.884 bits per heavy atom. The minimum absolute atomic E-state index is 0.0423. The normalized spacial score (nSPS) is 12.7. The lowest BCUT2D eigenvalue weighted by Gasteiger charge is -2.34. The number of hydrogen-bond donors (Lipinski definition) is 1. The number of rotatable bonds is 14. The highest BCUT2D eigenvalue weighted by Crippen LogP contribution is 2.28. The van der Waals surface area contributed by atoms with Gasteiger partial charge in [0.2, 0.25) is 11.8 Å². The summed E-state index contributed by atoms with van der Waals surface area (Å²) in [6.45, 7) is 7.25. The van der Waals surface area contributed by atoms with Crippen LogP contribution in [0.3, 0.4) is 0 Å². The van der Waals surface area contributed by atoms with Crippen molar-refractivity contribution in [2.75, 3.05) is 17.5 Å². The average molecular weight is 669 g/mol. The first-order valence-corrected chi connectivity index (χ1v) is 16.5.